The largest absolute Gasteiger partial charge is 0.455 e. The van der Waals surface area contributed by atoms with Gasteiger partial charge >= 0.3 is 0 Å². The predicted molar refractivity (Wildman–Crippen MR) is 232 cm³/mol. The van der Waals surface area contributed by atoms with E-state index in [0.717, 1.165) is 69.3 Å². The molecule has 7 rings (SSSR count). The minimum Gasteiger partial charge on any atom is -0.455 e. The maximum absolute atomic E-state index is 13.8. The quantitative estimate of drug-likeness (QED) is 0.105. The van der Waals surface area contributed by atoms with Gasteiger partial charge in [0.15, 0.2) is 0 Å². The van der Waals surface area contributed by atoms with Gasteiger partial charge in [-0.25, -0.2) is 13.1 Å². The third-order valence-corrected chi connectivity index (χ3v) is 13.0. The Balaban J connectivity index is 1.08. The smallest absolute Gasteiger partial charge is 0.293 e. The number of carbonyl (C=O) groups is 1. The van der Waals surface area contributed by atoms with Crippen molar-refractivity contribution >= 4 is 61.8 Å². The van der Waals surface area contributed by atoms with E-state index in [4.69, 9.17) is 32.7 Å². The highest BCUT2D eigenvalue weighted by Gasteiger charge is 2.31. The van der Waals surface area contributed by atoms with Gasteiger partial charge in [-0.05, 0) is 112 Å². The fourth-order valence-corrected chi connectivity index (χ4v) is 8.98. The molecule has 0 unspecified atom stereocenters. The van der Waals surface area contributed by atoms with Gasteiger partial charge in [-0.1, -0.05) is 47.5 Å². The standard InChI is InChI=1S/C43H48Cl2N6O7S/c1-43(2)26-36(29-8-10-31(44)11-9-29)30(28-57-43)27-49-20-22-50(23-21-49)33-12-14-35(41(24-33)58-40-7-5-4-6-37(40)45)42(52)47-59(55,56)34-13-15-38(39(25-34)51(53)54)46-32-16-18-48(3)19-17-32/h4-15,24-25,32,46H,16-23,26-28H2,1-3H3,(H,47,52). The van der Waals surface area contributed by atoms with Crippen LogP contribution < -0.4 is 19.7 Å². The van der Waals surface area contributed by atoms with Crippen molar-refractivity contribution in [3.63, 3.8) is 0 Å². The number of halogens is 2. The van der Waals surface area contributed by atoms with Gasteiger partial charge in [-0.15, -0.1) is 0 Å². The molecule has 312 valence electrons. The number of ether oxygens (including phenoxy) is 2. The van der Waals surface area contributed by atoms with Crippen LogP contribution in [0, 0.1) is 10.1 Å². The average Bonchev–Trinajstić information content (AvgIpc) is 3.20. The fraction of sp³-hybridized carbons (Fsp3) is 0.372. The van der Waals surface area contributed by atoms with Gasteiger partial charge in [0.25, 0.3) is 21.6 Å². The van der Waals surface area contributed by atoms with Crippen LogP contribution in [0.3, 0.4) is 0 Å². The second kappa shape index (κ2) is 17.9. The van der Waals surface area contributed by atoms with Crippen LogP contribution in [0.15, 0.2) is 95.4 Å². The molecule has 2 saturated heterocycles. The molecule has 3 aliphatic heterocycles. The minimum atomic E-state index is -4.55. The zero-order chi connectivity index (χ0) is 41.9. The average molecular weight is 864 g/mol. The second-order valence-corrected chi connectivity index (χ2v) is 18.4. The Morgan fingerprint density at radius 2 is 1.64 bits per heavy atom. The lowest BCUT2D eigenvalue weighted by atomic mass is 9.87. The summed E-state index contributed by atoms with van der Waals surface area (Å²) in [6.07, 6.45) is 2.37. The molecule has 3 aliphatic rings. The Morgan fingerprint density at radius 1 is 0.932 bits per heavy atom. The van der Waals surface area contributed by atoms with Gasteiger partial charge in [-0.2, -0.15) is 0 Å². The number of piperidine rings is 1. The van der Waals surface area contributed by atoms with Crippen molar-refractivity contribution < 1.29 is 27.6 Å². The SMILES string of the molecule is CN1CCC(Nc2ccc(S(=O)(=O)NC(=O)c3ccc(N4CCN(CC5=C(c6ccc(Cl)cc6)CC(C)(C)OC5)CC4)cc3Oc3ccccc3Cl)cc2[N+](=O)[O-])CC1. The number of nitro benzene ring substituents is 1. The first-order valence-electron chi connectivity index (χ1n) is 19.6. The van der Waals surface area contributed by atoms with E-state index in [0.29, 0.717) is 29.7 Å². The Labute approximate surface area is 355 Å². The number of sulfonamides is 1. The fourth-order valence-electron chi connectivity index (χ4n) is 7.69. The molecule has 4 aromatic carbocycles. The molecule has 2 fully saturated rings. The number of piperazine rings is 1. The zero-order valence-electron chi connectivity index (χ0n) is 33.2. The lowest BCUT2D eigenvalue weighted by Crippen LogP contribution is -2.47. The number of amides is 1. The number of carbonyl (C=O) groups excluding carboxylic acids is 1. The third kappa shape index (κ3) is 10.4. The Morgan fingerprint density at radius 3 is 2.34 bits per heavy atom. The van der Waals surface area contributed by atoms with Crippen LogP contribution in [0.5, 0.6) is 11.5 Å². The molecule has 59 heavy (non-hydrogen) atoms. The maximum Gasteiger partial charge on any atom is 0.293 e. The van der Waals surface area contributed by atoms with Crippen molar-refractivity contribution in [1.82, 2.24) is 14.5 Å². The molecule has 0 aromatic heterocycles. The Bertz CT molecular complexity index is 2340. The molecule has 0 spiro atoms. The van der Waals surface area contributed by atoms with E-state index < -0.39 is 31.4 Å². The van der Waals surface area contributed by atoms with E-state index in [1.54, 1.807) is 36.4 Å². The van der Waals surface area contributed by atoms with Crippen molar-refractivity contribution in [1.29, 1.82) is 0 Å². The van der Waals surface area contributed by atoms with Crippen molar-refractivity contribution in [2.75, 3.05) is 69.7 Å². The summed E-state index contributed by atoms with van der Waals surface area (Å²) in [6.45, 7) is 10.1. The first kappa shape index (κ1) is 42.4. The summed E-state index contributed by atoms with van der Waals surface area (Å²) in [4.78, 5) is 31.6. The summed E-state index contributed by atoms with van der Waals surface area (Å²) in [5.41, 5.74) is 3.94. The molecule has 1 amide bonds. The molecule has 0 radical (unpaired) electrons. The number of para-hydroxylation sites is 1. The van der Waals surface area contributed by atoms with E-state index in [1.807, 2.05) is 19.2 Å². The number of rotatable bonds is 12. The van der Waals surface area contributed by atoms with Gasteiger partial charge in [0.2, 0.25) is 0 Å². The number of nitrogens with one attached hydrogen (secondary N) is 2. The summed E-state index contributed by atoms with van der Waals surface area (Å²) in [6, 6.07) is 23.3. The highest BCUT2D eigenvalue weighted by Crippen LogP contribution is 2.38. The van der Waals surface area contributed by atoms with Gasteiger partial charge in [0, 0.05) is 68.0 Å². The summed E-state index contributed by atoms with van der Waals surface area (Å²) in [5, 5.41) is 16.3. The van der Waals surface area contributed by atoms with E-state index in [9.17, 15) is 23.3 Å². The summed E-state index contributed by atoms with van der Waals surface area (Å²) >= 11 is 12.7. The lowest BCUT2D eigenvalue weighted by molar-refractivity contribution is -0.384. The van der Waals surface area contributed by atoms with Crippen molar-refractivity contribution in [2.24, 2.45) is 0 Å². The molecule has 3 heterocycles. The van der Waals surface area contributed by atoms with Crippen LogP contribution in [0.4, 0.5) is 17.1 Å². The molecular formula is C43H48Cl2N6O7S. The monoisotopic (exact) mass is 862 g/mol. The topological polar surface area (TPSA) is 147 Å². The van der Waals surface area contributed by atoms with Crippen LogP contribution in [-0.4, -0.2) is 100 Å². The van der Waals surface area contributed by atoms with Crippen LogP contribution in [-0.2, 0) is 14.8 Å². The predicted octanol–water partition coefficient (Wildman–Crippen LogP) is 8.09. The number of hydrogen-bond acceptors (Lipinski definition) is 11. The van der Waals surface area contributed by atoms with E-state index in [-0.39, 0.29) is 34.4 Å². The number of likely N-dealkylation sites (tertiary alicyclic amines) is 1. The van der Waals surface area contributed by atoms with E-state index in [1.165, 1.54) is 29.3 Å². The van der Waals surface area contributed by atoms with Crippen LogP contribution in [0.25, 0.3) is 5.57 Å². The molecule has 2 N–H and O–H groups in total. The molecule has 16 heteroatoms. The third-order valence-electron chi connectivity index (χ3n) is 11.1. The van der Waals surface area contributed by atoms with E-state index in [2.05, 4.69) is 50.7 Å². The number of nitro groups is 1. The van der Waals surface area contributed by atoms with Crippen LogP contribution >= 0.6 is 23.2 Å². The zero-order valence-corrected chi connectivity index (χ0v) is 35.6. The highest BCUT2D eigenvalue weighted by molar-refractivity contribution is 7.90. The Kier molecular flexibility index (Phi) is 12.9. The normalized spacial score (nSPS) is 18.1. The summed E-state index contributed by atoms with van der Waals surface area (Å²) in [7, 11) is -2.54. The van der Waals surface area contributed by atoms with Crippen molar-refractivity contribution in [3.05, 3.63) is 122 Å². The van der Waals surface area contributed by atoms with Gasteiger partial charge in [0.1, 0.15) is 17.2 Å². The van der Waals surface area contributed by atoms with Crippen molar-refractivity contribution in [3.8, 4) is 11.5 Å². The highest BCUT2D eigenvalue weighted by atomic mass is 35.5. The van der Waals surface area contributed by atoms with Gasteiger partial charge in [0.05, 0.1) is 32.6 Å². The first-order chi connectivity index (χ1) is 28.1. The summed E-state index contributed by atoms with van der Waals surface area (Å²) < 4.78 is 41.8. The number of benzene rings is 4. The Hall–Kier alpha value is -4.70. The lowest BCUT2D eigenvalue weighted by Gasteiger charge is -2.39. The van der Waals surface area contributed by atoms with Gasteiger partial charge < -0.3 is 24.6 Å². The first-order valence-corrected chi connectivity index (χ1v) is 21.8. The van der Waals surface area contributed by atoms with Crippen LogP contribution in [0.1, 0.15) is 49.0 Å². The molecule has 13 nitrogen and oxygen atoms in total. The summed E-state index contributed by atoms with van der Waals surface area (Å²) in [5.74, 6) is -0.602. The number of nitrogens with zero attached hydrogens (tertiary/aromatic N) is 4. The van der Waals surface area contributed by atoms with Crippen LogP contribution in [0.2, 0.25) is 10.0 Å². The molecule has 0 bridgehead atoms. The number of hydrogen-bond donors (Lipinski definition) is 2. The second-order valence-electron chi connectivity index (χ2n) is 15.9. The number of anilines is 2. The van der Waals surface area contributed by atoms with E-state index >= 15 is 0 Å². The molecule has 0 atom stereocenters. The minimum absolute atomic E-state index is 0.00606. The molecule has 0 aliphatic carbocycles. The van der Waals surface area contributed by atoms with Gasteiger partial charge in [-0.3, -0.25) is 19.8 Å². The maximum atomic E-state index is 13.8. The molecule has 0 saturated carbocycles. The molecular weight excluding hydrogens is 815 g/mol. The van der Waals surface area contributed by atoms with Crippen molar-refractivity contribution in [2.45, 2.75) is 49.6 Å². The molecule has 4 aromatic rings.